The Morgan fingerprint density at radius 3 is 2.68 bits per heavy atom. The lowest BCUT2D eigenvalue weighted by Gasteiger charge is -2.23. The molecule has 2 heterocycles. The Kier molecular flexibility index (Phi) is 6.11. The van der Waals surface area contributed by atoms with E-state index in [-0.39, 0.29) is 5.91 Å². The van der Waals surface area contributed by atoms with Crippen molar-refractivity contribution >= 4 is 28.5 Å². The summed E-state index contributed by atoms with van der Waals surface area (Å²) < 4.78 is 7.48. The topological polar surface area (TPSA) is 63.1 Å². The summed E-state index contributed by atoms with van der Waals surface area (Å²) in [4.78, 5) is 22.4. The van der Waals surface area contributed by atoms with Gasteiger partial charge in [0.05, 0.1) is 17.6 Å². The number of carbonyl (C=O) groups is 1. The number of hydrogen-bond acceptors (Lipinski definition) is 3. The predicted octanol–water partition coefficient (Wildman–Crippen LogP) is 4.91. The van der Waals surface area contributed by atoms with Gasteiger partial charge in [0.2, 0.25) is 5.28 Å². The fraction of sp³-hybridized carbons (Fsp3) is 0.250. The number of para-hydroxylation sites is 1. The number of ether oxygens (including phenoxy) is 1. The van der Waals surface area contributed by atoms with Gasteiger partial charge in [-0.1, -0.05) is 18.2 Å². The van der Waals surface area contributed by atoms with E-state index in [4.69, 9.17) is 16.3 Å². The van der Waals surface area contributed by atoms with Crippen molar-refractivity contribution in [1.29, 1.82) is 0 Å². The molecule has 0 spiro atoms. The molecule has 160 valence electrons. The fourth-order valence-electron chi connectivity index (χ4n) is 3.92. The van der Waals surface area contributed by atoms with E-state index in [1.807, 2.05) is 23.1 Å². The maximum absolute atomic E-state index is 13.4. The lowest BCUT2D eigenvalue weighted by atomic mass is 10.1. The number of hydrogen-bond donors (Lipinski definition) is 1. The highest BCUT2D eigenvalue weighted by Gasteiger charge is 2.20. The van der Waals surface area contributed by atoms with Gasteiger partial charge in [-0.15, -0.1) is 0 Å². The third-order valence-electron chi connectivity index (χ3n) is 5.46. The van der Waals surface area contributed by atoms with Gasteiger partial charge in [0, 0.05) is 42.8 Å². The zero-order chi connectivity index (χ0) is 22.0. The minimum Gasteiger partial charge on any atom is -0.383 e. The molecule has 0 unspecified atom stereocenters. The van der Waals surface area contributed by atoms with Crippen molar-refractivity contribution in [2.24, 2.45) is 0 Å². The molecule has 0 saturated carbocycles. The van der Waals surface area contributed by atoms with E-state index in [1.165, 1.54) is 0 Å². The Morgan fingerprint density at radius 2 is 1.94 bits per heavy atom. The molecule has 0 radical (unpaired) electrons. The van der Waals surface area contributed by atoms with E-state index in [2.05, 4.69) is 46.6 Å². The number of methoxy groups -OCH3 is 1. The molecule has 4 rings (SSSR count). The number of aryl methyl sites for hydroxylation is 1. The normalized spacial score (nSPS) is 11.2. The second-order valence-electron chi connectivity index (χ2n) is 7.55. The van der Waals surface area contributed by atoms with Crippen molar-refractivity contribution in [1.82, 2.24) is 19.4 Å². The first kappa shape index (κ1) is 21.2. The van der Waals surface area contributed by atoms with E-state index >= 15 is 0 Å². The molecule has 0 bridgehead atoms. The third kappa shape index (κ3) is 4.36. The van der Waals surface area contributed by atoms with Gasteiger partial charge in [-0.25, -0.2) is 4.98 Å². The van der Waals surface area contributed by atoms with Crippen LogP contribution in [-0.2, 0) is 11.3 Å². The Bertz CT molecular complexity index is 1210. The second kappa shape index (κ2) is 8.96. The summed E-state index contributed by atoms with van der Waals surface area (Å²) in [6.07, 6.45) is 0. The number of H-pyrrole nitrogens is 1. The summed E-state index contributed by atoms with van der Waals surface area (Å²) in [5, 5.41) is 0.309. The molecule has 0 atom stereocenters. The molecular weight excluding hydrogens is 412 g/mol. The van der Waals surface area contributed by atoms with Crippen molar-refractivity contribution in [3.63, 3.8) is 0 Å². The third-order valence-corrected chi connectivity index (χ3v) is 5.64. The van der Waals surface area contributed by atoms with Crippen molar-refractivity contribution in [2.45, 2.75) is 20.4 Å². The molecule has 1 N–H and O–H groups in total. The van der Waals surface area contributed by atoms with Crippen LogP contribution >= 0.6 is 11.6 Å². The predicted molar refractivity (Wildman–Crippen MR) is 123 cm³/mol. The Balaban J connectivity index is 1.64. The van der Waals surface area contributed by atoms with Gasteiger partial charge in [-0.3, -0.25) is 4.79 Å². The number of aromatic amines is 1. The minimum absolute atomic E-state index is 0.0609. The van der Waals surface area contributed by atoms with Crippen molar-refractivity contribution in [3.8, 4) is 5.69 Å². The van der Waals surface area contributed by atoms with E-state index in [1.54, 1.807) is 25.3 Å². The number of aromatic nitrogens is 3. The number of nitrogens with one attached hydrogen (secondary N) is 1. The lowest BCUT2D eigenvalue weighted by molar-refractivity contribution is 0.0680. The van der Waals surface area contributed by atoms with Crippen LogP contribution in [0.1, 0.15) is 27.3 Å². The largest absolute Gasteiger partial charge is 0.383 e. The van der Waals surface area contributed by atoms with Crippen LogP contribution in [0.3, 0.4) is 0 Å². The number of amides is 1. The number of imidazole rings is 1. The fourth-order valence-corrected chi connectivity index (χ4v) is 4.11. The minimum atomic E-state index is -0.0609. The Labute approximate surface area is 186 Å². The molecule has 7 heteroatoms. The summed E-state index contributed by atoms with van der Waals surface area (Å²) in [5.41, 5.74) is 6.53. The molecule has 31 heavy (non-hydrogen) atoms. The van der Waals surface area contributed by atoms with Gasteiger partial charge in [0.1, 0.15) is 0 Å². The number of nitrogens with zero attached hydrogens (tertiary/aromatic N) is 3. The maximum atomic E-state index is 13.4. The molecule has 2 aromatic heterocycles. The summed E-state index contributed by atoms with van der Waals surface area (Å²) in [7, 11) is 1.64. The zero-order valence-electron chi connectivity index (χ0n) is 17.9. The van der Waals surface area contributed by atoms with Crippen LogP contribution in [-0.4, -0.2) is 45.6 Å². The Hall–Kier alpha value is -3.09. The van der Waals surface area contributed by atoms with Crippen LogP contribution in [0.25, 0.3) is 16.7 Å². The van der Waals surface area contributed by atoms with Gasteiger partial charge >= 0.3 is 0 Å². The summed E-state index contributed by atoms with van der Waals surface area (Å²) in [6, 6.07) is 17.8. The molecule has 1 amide bonds. The number of halogens is 1. The average Bonchev–Trinajstić information content (AvgIpc) is 3.28. The molecule has 2 aromatic carbocycles. The smallest absolute Gasteiger partial charge is 0.254 e. The highest BCUT2D eigenvalue weighted by Crippen LogP contribution is 2.23. The van der Waals surface area contributed by atoms with Crippen molar-refractivity contribution < 1.29 is 9.53 Å². The lowest BCUT2D eigenvalue weighted by Crippen LogP contribution is -2.33. The highest BCUT2D eigenvalue weighted by atomic mass is 35.5. The first-order valence-corrected chi connectivity index (χ1v) is 10.5. The number of benzene rings is 2. The van der Waals surface area contributed by atoms with Crippen LogP contribution in [0.15, 0.2) is 54.6 Å². The van der Waals surface area contributed by atoms with Gasteiger partial charge < -0.3 is 19.2 Å². The van der Waals surface area contributed by atoms with Gasteiger partial charge in [0.15, 0.2) is 0 Å². The van der Waals surface area contributed by atoms with Gasteiger partial charge in [-0.2, -0.15) is 0 Å². The average molecular weight is 437 g/mol. The van der Waals surface area contributed by atoms with Crippen molar-refractivity contribution in [3.05, 3.63) is 82.4 Å². The number of fused-ring (bicyclic) bond motifs is 1. The standard InChI is InChI=1S/C24H25ClN4O2/c1-16-13-19(17(2)29(16)20-7-5-4-6-8-20)15-28(11-12-31-3)23(30)18-9-10-21-22(14-18)27-24(25)26-21/h4-10,13-14H,11-12,15H2,1-3H3,(H,26,27). The molecule has 0 aliphatic carbocycles. The molecule has 0 aliphatic rings. The van der Waals surface area contributed by atoms with Crippen LogP contribution in [0.2, 0.25) is 5.28 Å². The monoisotopic (exact) mass is 436 g/mol. The summed E-state index contributed by atoms with van der Waals surface area (Å²) in [5.74, 6) is -0.0609. The van der Waals surface area contributed by atoms with Crippen LogP contribution in [0.5, 0.6) is 0 Å². The zero-order valence-corrected chi connectivity index (χ0v) is 18.6. The molecule has 0 aliphatic heterocycles. The second-order valence-corrected chi connectivity index (χ2v) is 7.90. The maximum Gasteiger partial charge on any atom is 0.254 e. The quantitative estimate of drug-likeness (QED) is 0.447. The number of carbonyl (C=O) groups excluding carboxylic acids is 1. The summed E-state index contributed by atoms with van der Waals surface area (Å²) in [6.45, 7) is 5.62. The first-order valence-electron chi connectivity index (χ1n) is 10.1. The first-order chi connectivity index (χ1) is 15.0. The molecular formula is C24H25ClN4O2. The van der Waals surface area contributed by atoms with E-state index in [0.29, 0.717) is 30.5 Å². The Morgan fingerprint density at radius 1 is 1.16 bits per heavy atom. The van der Waals surface area contributed by atoms with E-state index < -0.39 is 0 Å². The molecule has 0 fully saturated rings. The molecule has 0 saturated heterocycles. The van der Waals surface area contributed by atoms with E-state index in [9.17, 15) is 4.79 Å². The molecule has 4 aromatic rings. The highest BCUT2D eigenvalue weighted by molar-refractivity contribution is 6.29. The molecule has 6 nitrogen and oxygen atoms in total. The van der Waals surface area contributed by atoms with Crippen molar-refractivity contribution in [2.75, 3.05) is 20.3 Å². The summed E-state index contributed by atoms with van der Waals surface area (Å²) >= 11 is 5.96. The van der Waals surface area contributed by atoms with Crippen LogP contribution in [0.4, 0.5) is 0 Å². The van der Waals surface area contributed by atoms with Gasteiger partial charge in [-0.05, 0) is 67.4 Å². The van der Waals surface area contributed by atoms with Crippen LogP contribution in [0, 0.1) is 13.8 Å². The van der Waals surface area contributed by atoms with Gasteiger partial charge in [0.25, 0.3) is 5.91 Å². The van der Waals surface area contributed by atoms with E-state index in [0.717, 1.165) is 33.7 Å². The van der Waals surface area contributed by atoms with Crippen LogP contribution < -0.4 is 0 Å². The number of rotatable bonds is 7. The SMILES string of the molecule is COCCN(Cc1cc(C)n(-c2ccccc2)c1C)C(=O)c1ccc2nc(Cl)[nH]c2c1.